The Balaban J connectivity index is 0. The molecule has 1 rings (SSSR count). The van der Waals surface area contributed by atoms with Crippen molar-refractivity contribution in [3.63, 3.8) is 0 Å². The van der Waals surface area contributed by atoms with E-state index in [1.54, 1.807) is 0 Å². The molecule has 0 heterocycles. The van der Waals surface area contributed by atoms with Gasteiger partial charge in [0.1, 0.15) is 17.1 Å². The molecule has 66 valence electrons. The molecule has 0 spiro atoms. The van der Waals surface area contributed by atoms with Gasteiger partial charge in [0, 0.05) is 0 Å². The van der Waals surface area contributed by atoms with Gasteiger partial charge in [0.25, 0.3) is 0 Å². The number of rotatable bonds is 2. The quantitative estimate of drug-likeness (QED) is 0.614. The zero-order valence-electron chi connectivity index (χ0n) is 8.37. The number of ether oxygens (including phenoxy) is 1. The van der Waals surface area contributed by atoms with E-state index in [9.17, 15) is 9.18 Å². The van der Waals surface area contributed by atoms with Gasteiger partial charge in [-0.1, -0.05) is 6.07 Å². The Bertz CT molecular complexity index is 319. The van der Waals surface area contributed by atoms with Gasteiger partial charge in [0.2, 0.25) is 0 Å². The molecule has 1 aromatic carbocycles. The minimum Gasteiger partial charge on any atom is -1.00 e. The average Bonchev–Trinajstić information content (AvgIpc) is 2.03. The van der Waals surface area contributed by atoms with Gasteiger partial charge in [-0.3, -0.25) is 0 Å². The molecule has 0 aliphatic rings. The SMILES string of the molecule is COc1cccc(F)c1C(=O)O.[H-].[K+]. The third kappa shape index (κ3) is 3.03. The summed E-state index contributed by atoms with van der Waals surface area (Å²) in [5, 5.41) is 8.56. The first kappa shape index (κ1) is 13.1. The van der Waals surface area contributed by atoms with Gasteiger partial charge in [0.05, 0.1) is 7.11 Å². The summed E-state index contributed by atoms with van der Waals surface area (Å²) < 4.78 is 17.5. The molecule has 0 atom stereocenters. The number of hydrogen-bond acceptors (Lipinski definition) is 2. The van der Waals surface area contributed by atoms with E-state index < -0.39 is 17.3 Å². The summed E-state index contributed by atoms with van der Waals surface area (Å²) in [7, 11) is 1.29. The number of benzene rings is 1. The van der Waals surface area contributed by atoms with E-state index in [1.807, 2.05) is 0 Å². The van der Waals surface area contributed by atoms with Crippen LogP contribution in [0.1, 0.15) is 11.8 Å². The molecule has 1 N–H and O–H groups in total. The number of halogens is 1. The Morgan fingerprint density at radius 2 is 2.23 bits per heavy atom. The molecule has 0 amide bonds. The normalized spacial score (nSPS) is 8.77. The van der Waals surface area contributed by atoms with Gasteiger partial charge in [0.15, 0.2) is 0 Å². The van der Waals surface area contributed by atoms with Gasteiger partial charge in [-0.2, -0.15) is 0 Å². The third-order valence-corrected chi connectivity index (χ3v) is 1.41. The topological polar surface area (TPSA) is 46.5 Å². The number of methoxy groups -OCH3 is 1. The summed E-state index contributed by atoms with van der Waals surface area (Å²) in [4.78, 5) is 10.5. The molecule has 0 bridgehead atoms. The Labute approximate surface area is 119 Å². The zero-order chi connectivity index (χ0) is 9.14. The monoisotopic (exact) mass is 210 g/mol. The largest absolute Gasteiger partial charge is 1.00 e. The van der Waals surface area contributed by atoms with Crippen LogP contribution >= 0.6 is 0 Å². The van der Waals surface area contributed by atoms with Crippen molar-refractivity contribution in [2.24, 2.45) is 0 Å². The Morgan fingerprint density at radius 1 is 1.62 bits per heavy atom. The van der Waals surface area contributed by atoms with E-state index in [0.29, 0.717) is 0 Å². The molecule has 0 aliphatic carbocycles. The van der Waals surface area contributed by atoms with Crippen LogP contribution in [0.15, 0.2) is 18.2 Å². The number of carboxylic acid groups (broad SMARTS) is 1. The van der Waals surface area contributed by atoms with Crippen LogP contribution in [0.4, 0.5) is 4.39 Å². The van der Waals surface area contributed by atoms with Gasteiger partial charge in [-0.25, -0.2) is 9.18 Å². The molecule has 0 aromatic heterocycles. The molecular formula is C8H8FKO3. The zero-order valence-corrected chi connectivity index (χ0v) is 10.5. The van der Waals surface area contributed by atoms with E-state index in [1.165, 1.54) is 19.2 Å². The molecule has 5 heteroatoms. The van der Waals surface area contributed by atoms with E-state index in [4.69, 9.17) is 5.11 Å². The second kappa shape index (κ2) is 5.72. The summed E-state index contributed by atoms with van der Waals surface area (Å²) in [5.74, 6) is -2.09. The number of aromatic carboxylic acids is 1. The van der Waals surface area contributed by atoms with Crippen molar-refractivity contribution in [2.45, 2.75) is 0 Å². The van der Waals surface area contributed by atoms with Crippen molar-refractivity contribution in [1.82, 2.24) is 0 Å². The molecule has 1 aromatic rings. The molecule has 0 aliphatic heterocycles. The molecule has 3 nitrogen and oxygen atoms in total. The first-order valence-corrected chi connectivity index (χ1v) is 3.22. The summed E-state index contributed by atoms with van der Waals surface area (Å²) in [5.41, 5.74) is -0.431. The second-order valence-corrected chi connectivity index (χ2v) is 2.12. The first-order chi connectivity index (χ1) is 5.66. The fourth-order valence-corrected chi connectivity index (χ4v) is 0.882. The van der Waals surface area contributed by atoms with Gasteiger partial charge >= 0.3 is 57.4 Å². The number of hydrogen-bond donors (Lipinski definition) is 1. The standard InChI is InChI=1S/C8H7FO3.K.H/c1-12-6-4-2-3-5(9)7(6)8(10)11;;/h2-4H,1H3,(H,10,11);;/q;+1;-1. The third-order valence-electron chi connectivity index (χ3n) is 1.41. The van der Waals surface area contributed by atoms with E-state index in [2.05, 4.69) is 4.74 Å². The van der Waals surface area contributed by atoms with Crippen LogP contribution in [0, 0.1) is 5.82 Å². The van der Waals surface area contributed by atoms with Crippen molar-refractivity contribution in [2.75, 3.05) is 7.11 Å². The van der Waals surface area contributed by atoms with Crippen molar-refractivity contribution in [1.29, 1.82) is 0 Å². The number of carboxylic acids is 1. The smallest absolute Gasteiger partial charge is 1.00 e. The van der Waals surface area contributed by atoms with E-state index in [0.717, 1.165) is 6.07 Å². The molecule has 0 fully saturated rings. The fourth-order valence-electron chi connectivity index (χ4n) is 0.882. The van der Waals surface area contributed by atoms with Crippen LogP contribution in [0.5, 0.6) is 5.75 Å². The predicted octanol–water partition coefficient (Wildman–Crippen LogP) is -1.35. The van der Waals surface area contributed by atoms with Gasteiger partial charge < -0.3 is 11.3 Å². The molecule has 13 heavy (non-hydrogen) atoms. The van der Waals surface area contributed by atoms with E-state index in [-0.39, 0.29) is 58.6 Å². The maximum atomic E-state index is 12.8. The molecule has 0 unspecified atom stereocenters. The molecule has 0 saturated carbocycles. The fraction of sp³-hybridized carbons (Fsp3) is 0.125. The van der Waals surface area contributed by atoms with Gasteiger partial charge in [-0.15, -0.1) is 0 Å². The Kier molecular flexibility index (Phi) is 5.74. The van der Waals surface area contributed by atoms with Crippen LogP contribution in [-0.4, -0.2) is 18.2 Å². The molecule has 0 radical (unpaired) electrons. The van der Waals surface area contributed by atoms with E-state index >= 15 is 0 Å². The summed E-state index contributed by atoms with van der Waals surface area (Å²) in [6, 6.07) is 3.86. The van der Waals surface area contributed by atoms with Crippen molar-refractivity contribution >= 4 is 5.97 Å². The maximum absolute atomic E-state index is 12.8. The van der Waals surface area contributed by atoms with Crippen molar-refractivity contribution in [3.05, 3.63) is 29.6 Å². The molecular weight excluding hydrogens is 202 g/mol. The van der Waals surface area contributed by atoms with Crippen LogP contribution in [0.25, 0.3) is 0 Å². The Hall–Kier alpha value is 0.0564. The van der Waals surface area contributed by atoms with Crippen LogP contribution in [0.2, 0.25) is 0 Å². The maximum Gasteiger partial charge on any atom is 1.00 e. The number of carbonyl (C=O) groups is 1. The average molecular weight is 210 g/mol. The van der Waals surface area contributed by atoms with Crippen molar-refractivity contribution in [3.8, 4) is 5.75 Å². The summed E-state index contributed by atoms with van der Waals surface area (Å²) in [6.07, 6.45) is 0. The predicted molar refractivity (Wildman–Crippen MR) is 41.0 cm³/mol. The minimum atomic E-state index is -1.33. The van der Waals surface area contributed by atoms with Gasteiger partial charge in [-0.05, 0) is 12.1 Å². The van der Waals surface area contributed by atoms with Crippen molar-refractivity contribution < 1.29 is 71.8 Å². The molecule has 0 saturated heterocycles. The van der Waals surface area contributed by atoms with Crippen LogP contribution in [-0.2, 0) is 0 Å². The van der Waals surface area contributed by atoms with Crippen LogP contribution in [0.3, 0.4) is 0 Å². The first-order valence-electron chi connectivity index (χ1n) is 3.22. The summed E-state index contributed by atoms with van der Waals surface area (Å²) >= 11 is 0. The minimum absolute atomic E-state index is 0. The van der Waals surface area contributed by atoms with Crippen LogP contribution < -0.4 is 56.1 Å². The summed E-state index contributed by atoms with van der Waals surface area (Å²) in [6.45, 7) is 0. The Morgan fingerprint density at radius 3 is 2.62 bits per heavy atom. The second-order valence-electron chi connectivity index (χ2n) is 2.12.